The molecule has 0 amide bonds. The van der Waals surface area contributed by atoms with Gasteiger partial charge >= 0.3 is 0 Å². The highest BCUT2D eigenvalue weighted by molar-refractivity contribution is 5.94. The van der Waals surface area contributed by atoms with E-state index in [4.69, 9.17) is 4.99 Å². The van der Waals surface area contributed by atoms with Gasteiger partial charge in [-0.15, -0.1) is 0 Å². The molecule has 1 aliphatic rings. The van der Waals surface area contributed by atoms with Gasteiger partial charge in [0.15, 0.2) is 0 Å². The number of rotatable bonds is 13. The summed E-state index contributed by atoms with van der Waals surface area (Å²) in [6.45, 7) is 23.1. The maximum absolute atomic E-state index is 5.35. The van der Waals surface area contributed by atoms with Crippen LogP contribution in [0.25, 0.3) is 5.57 Å². The van der Waals surface area contributed by atoms with Gasteiger partial charge in [-0.2, -0.15) is 0 Å². The monoisotopic (exact) mass is 499 g/mol. The molecule has 200 valence electrons. The van der Waals surface area contributed by atoms with E-state index in [1.807, 2.05) is 0 Å². The number of para-hydroxylation sites is 1. The van der Waals surface area contributed by atoms with Crippen LogP contribution in [0.5, 0.6) is 0 Å². The first-order chi connectivity index (χ1) is 17.8. The predicted octanol–water partition coefficient (Wildman–Crippen LogP) is 8.48. The van der Waals surface area contributed by atoms with E-state index in [9.17, 15) is 0 Å². The minimum Gasteiger partial charge on any atom is -0.370 e. The molecule has 0 spiro atoms. The zero-order valence-electron chi connectivity index (χ0n) is 24.1. The quantitative estimate of drug-likeness (QED) is 0.203. The molecule has 2 atom stereocenters. The molecule has 0 N–H and O–H groups in total. The van der Waals surface area contributed by atoms with Crippen molar-refractivity contribution in [3.05, 3.63) is 84.1 Å². The largest absolute Gasteiger partial charge is 0.370 e. The molecule has 0 saturated carbocycles. The van der Waals surface area contributed by atoms with Gasteiger partial charge in [0.05, 0.1) is 5.69 Å². The summed E-state index contributed by atoms with van der Waals surface area (Å²) in [5.41, 5.74) is 8.56. The van der Waals surface area contributed by atoms with E-state index in [1.165, 1.54) is 48.2 Å². The van der Waals surface area contributed by atoms with Crippen LogP contribution in [0.15, 0.2) is 72.4 Å². The van der Waals surface area contributed by atoms with E-state index in [-0.39, 0.29) is 6.04 Å². The summed E-state index contributed by atoms with van der Waals surface area (Å²) >= 11 is 0. The topological polar surface area (TPSA) is 18.8 Å². The first-order valence-corrected chi connectivity index (χ1v) is 14.4. The summed E-state index contributed by atoms with van der Waals surface area (Å²) in [7, 11) is 0. The Balaban J connectivity index is 1.82. The third-order valence-electron chi connectivity index (χ3n) is 7.91. The number of aliphatic imine (C=N–C) groups is 1. The lowest BCUT2D eigenvalue weighted by atomic mass is 9.96. The van der Waals surface area contributed by atoms with Gasteiger partial charge in [0.1, 0.15) is 0 Å². The zero-order chi connectivity index (χ0) is 26.8. The number of benzene rings is 2. The maximum Gasteiger partial charge on any atom is 0.0704 e. The summed E-state index contributed by atoms with van der Waals surface area (Å²) in [4.78, 5) is 10.5. The zero-order valence-corrected chi connectivity index (χ0v) is 24.1. The van der Waals surface area contributed by atoms with E-state index in [2.05, 4.69) is 106 Å². The van der Waals surface area contributed by atoms with Crippen LogP contribution in [-0.2, 0) is 12.8 Å². The Labute approximate surface area is 227 Å². The summed E-state index contributed by atoms with van der Waals surface area (Å²) in [6.07, 6.45) is 8.20. The lowest BCUT2D eigenvalue weighted by Gasteiger charge is -2.44. The SMILES string of the molecule is C=C(C)c1ccccc1N=C(Cc1ccccc1CC)C(C)N1CCN(C(=C)CCCCCC)C(C)C1. The number of nitrogens with zero attached hydrogens (tertiary/aromatic N) is 3. The summed E-state index contributed by atoms with van der Waals surface area (Å²) in [6, 6.07) is 18.0. The highest BCUT2D eigenvalue weighted by atomic mass is 15.3. The Kier molecular flexibility index (Phi) is 11.2. The van der Waals surface area contributed by atoms with Gasteiger partial charge in [0, 0.05) is 55.1 Å². The molecule has 1 fully saturated rings. The fourth-order valence-electron chi connectivity index (χ4n) is 5.55. The standard InChI is InChI=1S/C34H49N3/c1-8-10-11-12-17-27(5)37-23-22-36(25-28(37)6)29(7)34(24-31-19-14-13-18-30(31)9-2)35-33-21-16-15-20-32(33)26(3)4/h13-16,18-21,28-29H,3,5,8-12,17,22-25H2,1-2,4,6-7H3. The van der Waals surface area contributed by atoms with E-state index in [0.717, 1.165) is 55.7 Å². The fourth-order valence-corrected chi connectivity index (χ4v) is 5.55. The van der Waals surface area contributed by atoms with Crippen LogP contribution < -0.4 is 0 Å². The van der Waals surface area contributed by atoms with Gasteiger partial charge in [-0.25, -0.2) is 0 Å². The molecule has 0 bridgehead atoms. The maximum atomic E-state index is 5.35. The van der Waals surface area contributed by atoms with Crippen molar-refractivity contribution in [1.29, 1.82) is 0 Å². The fraction of sp³-hybridized carbons (Fsp3) is 0.500. The van der Waals surface area contributed by atoms with Crippen molar-refractivity contribution in [3.8, 4) is 0 Å². The van der Waals surface area contributed by atoms with Crippen molar-refractivity contribution >= 4 is 17.0 Å². The molecule has 1 heterocycles. The summed E-state index contributed by atoms with van der Waals surface area (Å²) in [5.74, 6) is 0. The van der Waals surface area contributed by atoms with E-state index >= 15 is 0 Å². The smallest absolute Gasteiger partial charge is 0.0704 e. The van der Waals surface area contributed by atoms with Gasteiger partial charge in [-0.3, -0.25) is 9.89 Å². The number of allylic oxidation sites excluding steroid dienone is 2. The van der Waals surface area contributed by atoms with Crippen LogP contribution in [-0.4, -0.2) is 47.2 Å². The number of aryl methyl sites for hydroxylation is 1. The molecule has 2 aromatic carbocycles. The summed E-state index contributed by atoms with van der Waals surface area (Å²) in [5, 5.41) is 0. The van der Waals surface area contributed by atoms with Crippen molar-refractivity contribution in [1.82, 2.24) is 9.80 Å². The van der Waals surface area contributed by atoms with Crippen LogP contribution in [0.1, 0.15) is 83.4 Å². The molecule has 1 saturated heterocycles. The molecule has 0 radical (unpaired) electrons. The molecule has 2 aromatic rings. The second-order valence-electron chi connectivity index (χ2n) is 10.8. The lowest BCUT2D eigenvalue weighted by Crippen LogP contribution is -2.55. The van der Waals surface area contributed by atoms with Crippen molar-refractivity contribution < 1.29 is 0 Å². The highest BCUT2D eigenvalue weighted by Crippen LogP contribution is 2.28. The summed E-state index contributed by atoms with van der Waals surface area (Å²) < 4.78 is 0. The minimum atomic E-state index is 0.255. The molecule has 0 aromatic heterocycles. The molecular weight excluding hydrogens is 450 g/mol. The molecule has 3 heteroatoms. The number of piperazine rings is 1. The predicted molar refractivity (Wildman–Crippen MR) is 163 cm³/mol. The highest BCUT2D eigenvalue weighted by Gasteiger charge is 2.29. The van der Waals surface area contributed by atoms with Gasteiger partial charge in [-0.05, 0) is 62.8 Å². The van der Waals surface area contributed by atoms with Gasteiger partial charge < -0.3 is 4.90 Å². The second kappa shape index (κ2) is 14.3. The first-order valence-electron chi connectivity index (χ1n) is 14.4. The third-order valence-corrected chi connectivity index (χ3v) is 7.91. The van der Waals surface area contributed by atoms with E-state index in [0.29, 0.717) is 6.04 Å². The molecule has 37 heavy (non-hydrogen) atoms. The molecule has 0 aliphatic carbocycles. The van der Waals surface area contributed by atoms with Crippen molar-refractivity contribution in [2.75, 3.05) is 19.6 Å². The second-order valence-corrected chi connectivity index (χ2v) is 10.8. The Morgan fingerprint density at radius 3 is 2.35 bits per heavy atom. The normalized spacial score (nSPS) is 17.6. The average molecular weight is 500 g/mol. The third kappa shape index (κ3) is 7.92. The lowest BCUT2D eigenvalue weighted by molar-refractivity contribution is 0.0979. The Bertz CT molecular complexity index is 1070. The van der Waals surface area contributed by atoms with Crippen LogP contribution in [0.2, 0.25) is 0 Å². The van der Waals surface area contributed by atoms with Crippen LogP contribution in [0.4, 0.5) is 5.69 Å². The number of hydrogen-bond acceptors (Lipinski definition) is 3. The van der Waals surface area contributed by atoms with Gasteiger partial charge in [0.2, 0.25) is 0 Å². The molecule has 2 unspecified atom stereocenters. The molecule has 1 aliphatic heterocycles. The molecular formula is C34H49N3. The number of unbranched alkanes of at least 4 members (excludes halogenated alkanes) is 3. The van der Waals surface area contributed by atoms with Crippen molar-refractivity contribution in [2.45, 2.75) is 91.6 Å². The van der Waals surface area contributed by atoms with Crippen LogP contribution in [0, 0.1) is 0 Å². The number of hydrogen-bond donors (Lipinski definition) is 0. The average Bonchev–Trinajstić information content (AvgIpc) is 2.90. The van der Waals surface area contributed by atoms with E-state index in [1.54, 1.807) is 0 Å². The minimum absolute atomic E-state index is 0.255. The Hall–Kier alpha value is -2.65. The van der Waals surface area contributed by atoms with Gasteiger partial charge in [-0.1, -0.05) is 88.7 Å². The first kappa shape index (κ1) is 28.9. The Morgan fingerprint density at radius 1 is 0.973 bits per heavy atom. The van der Waals surface area contributed by atoms with Crippen molar-refractivity contribution in [2.24, 2.45) is 4.99 Å². The van der Waals surface area contributed by atoms with Crippen LogP contribution >= 0.6 is 0 Å². The van der Waals surface area contributed by atoms with E-state index < -0.39 is 0 Å². The van der Waals surface area contributed by atoms with Gasteiger partial charge in [0.25, 0.3) is 0 Å². The van der Waals surface area contributed by atoms with Crippen LogP contribution in [0.3, 0.4) is 0 Å². The molecule has 3 rings (SSSR count). The Morgan fingerprint density at radius 2 is 1.68 bits per heavy atom. The molecule has 3 nitrogen and oxygen atoms in total. The van der Waals surface area contributed by atoms with Crippen molar-refractivity contribution in [3.63, 3.8) is 0 Å².